The molecule has 1 aromatic carbocycles. The van der Waals surface area contributed by atoms with Crippen molar-refractivity contribution in [2.24, 2.45) is 5.73 Å². The number of rotatable bonds is 5. The Morgan fingerprint density at radius 2 is 1.91 bits per heavy atom. The Labute approximate surface area is 182 Å². The van der Waals surface area contributed by atoms with E-state index in [1.54, 1.807) is 13.1 Å². The third kappa shape index (κ3) is 3.97. The normalized spacial score (nSPS) is 15.4. The third-order valence-electron chi connectivity index (χ3n) is 5.65. The number of nitrogens with two attached hydrogens (primary N) is 1. The predicted octanol–water partition coefficient (Wildman–Crippen LogP) is 0.994. The molecular weight excluding hydrogens is 414 g/mol. The fourth-order valence-corrected chi connectivity index (χ4v) is 3.68. The van der Waals surface area contributed by atoms with E-state index >= 15 is 0 Å². The van der Waals surface area contributed by atoms with Crippen LogP contribution in [0.1, 0.15) is 23.2 Å². The number of amides is 1. The lowest BCUT2D eigenvalue weighted by atomic mass is 9.89. The Bertz CT molecular complexity index is 1230. The van der Waals surface area contributed by atoms with Gasteiger partial charge in [0.2, 0.25) is 5.95 Å². The molecule has 166 valence electrons. The molecule has 1 saturated heterocycles. The van der Waals surface area contributed by atoms with Gasteiger partial charge in [0.15, 0.2) is 0 Å². The van der Waals surface area contributed by atoms with Crippen molar-refractivity contribution in [1.82, 2.24) is 15.0 Å². The number of hydrogen-bond acceptors (Lipinski definition) is 8. The SMILES string of the molecule is CNc1cccc2cc(C(=O)Nc3cnc(N4CCC(N)(C(=O)O)CC4)nc3)c(=O)[nH]c12. The third-order valence-corrected chi connectivity index (χ3v) is 5.65. The summed E-state index contributed by atoms with van der Waals surface area (Å²) < 4.78 is 0. The van der Waals surface area contributed by atoms with E-state index in [4.69, 9.17) is 5.73 Å². The topological polar surface area (TPSA) is 166 Å². The van der Waals surface area contributed by atoms with Gasteiger partial charge in [-0.2, -0.15) is 0 Å². The van der Waals surface area contributed by atoms with Crippen LogP contribution in [-0.2, 0) is 4.79 Å². The van der Waals surface area contributed by atoms with Crippen LogP contribution in [0.25, 0.3) is 10.9 Å². The Morgan fingerprint density at radius 3 is 2.53 bits per heavy atom. The molecule has 1 fully saturated rings. The molecule has 1 amide bonds. The van der Waals surface area contributed by atoms with E-state index in [1.807, 2.05) is 17.0 Å². The lowest BCUT2D eigenvalue weighted by Crippen LogP contribution is -2.55. The minimum Gasteiger partial charge on any atom is -0.480 e. The largest absolute Gasteiger partial charge is 0.480 e. The Kier molecular flexibility index (Phi) is 5.49. The van der Waals surface area contributed by atoms with Crippen LogP contribution >= 0.6 is 0 Å². The highest BCUT2D eigenvalue weighted by Crippen LogP contribution is 2.23. The van der Waals surface area contributed by atoms with E-state index in [-0.39, 0.29) is 18.4 Å². The molecule has 3 heterocycles. The summed E-state index contributed by atoms with van der Waals surface area (Å²) in [7, 11) is 1.75. The highest BCUT2D eigenvalue weighted by atomic mass is 16.4. The van der Waals surface area contributed by atoms with E-state index in [2.05, 4.69) is 25.6 Å². The molecule has 0 unspecified atom stereocenters. The zero-order valence-corrected chi connectivity index (χ0v) is 17.4. The van der Waals surface area contributed by atoms with Crippen molar-refractivity contribution in [2.45, 2.75) is 18.4 Å². The first-order valence-electron chi connectivity index (χ1n) is 10.1. The van der Waals surface area contributed by atoms with Crippen molar-refractivity contribution >= 4 is 40.1 Å². The Hall–Kier alpha value is -3.99. The number of pyridine rings is 1. The maximum Gasteiger partial charge on any atom is 0.323 e. The number of anilines is 3. The van der Waals surface area contributed by atoms with E-state index in [9.17, 15) is 19.5 Å². The maximum absolute atomic E-state index is 12.7. The molecule has 32 heavy (non-hydrogen) atoms. The van der Waals surface area contributed by atoms with Gasteiger partial charge in [0.1, 0.15) is 11.1 Å². The van der Waals surface area contributed by atoms with Gasteiger partial charge in [0.25, 0.3) is 11.5 Å². The number of hydrogen-bond donors (Lipinski definition) is 5. The van der Waals surface area contributed by atoms with Gasteiger partial charge in [0, 0.05) is 25.5 Å². The van der Waals surface area contributed by atoms with Gasteiger partial charge in [-0.05, 0) is 25.0 Å². The second kappa shape index (κ2) is 8.27. The van der Waals surface area contributed by atoms with Crippen molar-refractivity contribution in [3.05, 3.63) is 52.6 Å². The minimum absolute atomic E-state index is 0.0289. The number of aromatic amines is 1. The molecule has 0 aliphatic carbocycles. The molecule has 4 rings (SSSR count). The standard InChI is InChI=1S/C21H23N7O4/c1-23-15-4-2-3-12-9-14(18(30)27-16(12)15)17(29)26-13-10-24-20(25-11-13)28-7-5-21(22,6-8-28)19(31)32/h2-4,9-11,23H,5-8,22H2,1H3,(H,26,29)(H,27,30)(H,31,32). The average Bonchev–Trinajstić information content (AvgIpc) is 2.79. The average molecular weight is 437 g/mol. The highest BCUT2D eigenvalue weighted by molar-refractivity contribution is 6.06. The van der Waals surface area contributed by atoms with Gasteiger partial charge in [-0.25, -0.2) is 9.97 Å². The van der Waals surface area contributed by atoms with E-state index < -0.39 is 23.0 Å². The molecule has 1 aliphatic rings. The van der Waals surface area contributed by atoms with Crippen LogP contribution in [0.4, 0.5) is 17.3 Å². The van der Waals surface area contributed by atoms with Gasteiger partial charge in [-0.3, -0.25) is 14.4 Å². The number of carbonyl (C=O) groups excluding carboxylic acids is 1. The van der Waals surface area contributed by atoms with Crippen LogP contribution in [0, 0.1) is 0 Å². The number of piperidine rings is 1. The molecule has 3 aromatic rings. The molecule has 11 nitrogen and oxygen atoms in total. The highest BCUT2D eigenvalue weighted by Gasteiger charge is 2.38. The number of carboxylic acids is 1. The summed E-state index contributed by atoms with van der Waals surface area (Å²) in [4.78, 5) is 49.5. The summed E-state index contributed by atoms with van der Waals surface area (Å²) in [5, 5.41) is 15.6. The van der Waals surface area contributed by atoms with Crippen molar-refractivity contribution in [1.29, 1.82) is 0 Å². The number of fused-ring (bicyclic) bond motifs is 1. The number of benzene rings is 1. The Morgan fingerprint density at radius 1 is 1.22 bits per heavy atom. The monoisotopic (exact) mass is 437 g/mol. The number of nitrogens with one attached hydrogen (secondary N) is 3. The van der Waals surface area contributed by atoms with Gasteiger partial charge in [-0.1, -0.05) is 12.1 Å². The summed E-state index contributed by atoms with van der Waals surface area (Å²) in [5.74, 6) is -1.17. The summed E-state index contributed by atoms with van der Waals surface area (Å²) in [6.07, 6.45) is 3.44. The zero-order chi connectivity index (χ0) is 22.9. The summed E-state index contributed by atoms with van der Waals surface area (Å²) in [6, 6.07) is 7.00. The first kappa shape index (κ1) is 21.2. The van der Waals surface area contributed by atoms with Gasteiger partial charge in [-0.15, -0.1) is 0 Å². The number of carbonyl (C=O) groups is 2. The van der Waals surface area contributed by atoms with E-state index in [0.29, 0.717) is 30.2 Å². The predicted molar refractivity (Wildman–Crippen MR) is 120 cm³/mol. The number of aliphatic carboxylic acids is 1. The van der Waals surface area contributed by atoms with Gasteiger partial charge < -0.3 is 31.4 Å². The number of carboxylic acid groups (broad SMARTS) is 1. The Balaban J connectivity index is 1.47. The smallest absolute Gasteiger partial charge is 0.323 e. The second-order valence-corrected chi connectivity index (χ2v) is 7.71. The first-order chi connectivity index (χ1) is 15.3. The molecule has 1 aliphatic heterocycles. The molecule has 0 atom stereocenters. The summed E-state index contributed by atoms with van der Waals surface area (Å²) >= 11 is 0. The van der Waals surface area contributed by atoms with Gasteiger partial charge >= 0.3 is 5.97 Å². The molecule has 0 spiro atoms. The van der Waals surface area contributed by atoms with Crippen LogP contribution in [0.5, 0.6) is 0 Å². The number of para-hydroxylation sites is 1. The van der Waals surface area contributed by atoms with Crippen molar-refractivity contribution in [2.75, 3.05) is 35.7 Å². The molecule has 11 heteroatoms. The zero-order valence-electron chi connectivity index (χ0n) is 17.4. The van der Waals surface area contributed by atoms with Crippen molar-refractivity contribution in [3.63, 3.8) is 0 Å². The molecule has 0 bridgehead atoms. The van der Waals surface area contributed by atoms with Crippen LogP contribution in [0.2, 0.25) is 0 Å². The van der Waals surface area contributed by atoms with E-state index in [0.717, 1.165) is 11.1 Å². The first-order valence-corrected chi connectivity index (χ1v) is 10.1. The molecule has 6 N–H and O–H groups in total. The van der Waals surface area contributed by atoms with Crippen LogP contribution in [-0.4, -0.2) is 57.6 Å². The van der Waals surface area contributed by atoms with Crippen LogP contribution in [0.15, 0.2) is 41.5 Å². The number of aromatic nitrogens is 3. The van der Waals surface area contributed by atoms with E-state index in [1.165, 1.54) is 18.5 Å². The lowest BCUT2D eigenvalue weighted by molar-refractivity contribution is -0.144. The fourth-order valence-electron chi connectivity index (χ4n) is 3.68. The molecular formula is C21H23N7O4. The lowest BCUT2D eigenvalue weighted by Gasteiger charge is -2.36. The second-order valence-electron chi connectivity index (χ2n) is 7.71. The van der Waals surface area contributed by atoms with Gasteiger partial charge in [0.05, 0.1) is 29.3 Å². The fraction of sp³-hybridized carbons (Fsp3) is 0.286. The quantitative estimate of drug-likeness (QED) is 0.391. The molecule has 0 radical (unpaired) electrons. The number of H-pyrrole nitrogens is 1. The number of nitrogens with zero attached hydrogens (tertiary/aromatic N) is 3. The van der Waals surface area contributed by atoms with Crippen LogP contribution < -0.4 is 26.8 Å². The van der Waals surface area contributed by atoms with Crippen molar-refractivity contribution in [3.8, 4) is 0 Å². The van der Waals surface area contributed by atoms with Crippen LogP contribution in [0.3, 0.4) is 0 Å². The minimum atomic E-state index is -1.23. The summed E-state index contributed by atoms with van der Waals surface area (Å²) in [6.45, 7) is 0.825. The summed E-state index contributed by atoms with van der Waals surface area (Å²) in [5.41, 5.74) is 5.83. The molecule has 0 saturated carbocycles. The maximum atomic E-state index is 12.7. The van der Waals surface area contributed by atoms with Crippen molar-refractivity contribution < 1.29 is 14.7 Å². The molecule has 2 aromatic heterocycles.